The summed E-state index contributed by atoms with van der Waals surface area (Å²) in [5.41, 5.74) is 10.1. The Hall–Kier alpha value is -0.780. The van der Waals surface area contributed by atoms with Gasteiger partial charge in [-0.15, -0.1) is 0 Å². The molecule has 0 radical (unpaired) electrons. The minimum atomic E-state index is -4.47. The quantitative estimate of drug-likeness (QED) is 0.831. The number of halogens is 4. The Bertz CT molecular complexity index is 352. The summed E-state index contributed by atoms with van der Waals surface area (Å²) in [6.07, 6.45) is -4.47. The highest BCUT2D eigenvalue weighted by Crippen LogP contribution is 2.37. The van der Waals surface area contributed by atoms with Crippen molar-refractivity contribution >= 4 is 11.6 Å². The molecule has 84 valence electrons. The highest BCUT2D eigenvalue weighted by atomic mass is 35.5. The Kier molecular flexibility index (Phi) is 3.59. The van der Waals surface area contributed by atoms with Gasteiger partial charge in [0.2, 0.25) is 0 Å². The second kappa shape index (κ2) is 4.38. The fourth-order valence-electron chi connectivity index (χ4n) is 1.18. The van der Waals surface area contributed by atoms with E-state index in [9.17, 15) is 13.2 Å². The van der Waals surface area contributed by atoms with Crippen LogP contribution in [-0.2, 0) is 6.18 Å². The molecular weight excluding hydrogens is 229 g/mol. The summed E-state index contributed by atoms with van der Waals surface area (Å²) < 4.78 is 37.3. The molecule has 0 aliphatic carbocycles. The number of alkyl halides is 3. The van der Waals surface area contributed by atoms with E-state index >= 15 is 0 Å². The SMILES string of the molecule is NC[C@@H](N)c1cccc(C(F)(F)F)c1Cl. The van der Waals surface area contributed by atoms with E-state index in [2.05, 4.69) is 0 Å². The van der Waals surface area contributed by atoms with E-state index in [0.717, 1.165) is 6.07 Å². The summed E-state index contributed by atoms with van der Waals surface area (Å²) in [5.74, 6) is 0. The third-order valence-corrected chi connectivity index (χ3v) is 2.41. The molecule has 0 aliphatic rings. The van der Waals surface area contributed by atoms with Crippen molar-refractivity contribution in [3.8, 4) is 0 Å². The second-order valence-electron chi connectivity index (χ2n) is 3.05. The minimum absolute atomic E-state index is 0.0427. The van der Waals surface area contributed by atoms with Crippen molar-refractivity contribution in [2.45, 2.75) is 12.2 Å². The first-order valence-corrected chi connectivity index (χ1v) is 4.57. The van der Waals surface area contributed by atoms with Crippen LogP contribution in [0, 0.1) is 0 Å². The van der Waals surface area contributed by atoms with Gasteiger partial charge in [-0.2, -0.15) is 13.2 Å². The molecule has 0 saturated carbocycles. The van der Waals surface area contributed by atoms with Crippen molar-refractivity contribution in [2.24, 2.45) is 11.5 Å². The molecule has 0 unspecified atom stereocenters. The first kappa shape index (κ1) is 12.3. The van der Waals surface area contributed by atoms with Crippen LogP contribution in [0.1, 0.15) is 17.2 Å². The average Bonchev–Trinajstić information content (AvgIpc) is 2.15. The van der Waals surface area contributed by atoms with Crippen molar-refractivity contribution in [2.75, 3.05) is 6.54 Å². The maximum atomic E-state index is 12.4. The zero-order chi connectivity index (χ0) is 11.6. The summed E-state index contributed by atoms with van der Waals surface area (Å²) >= 11 is 5.61. The van der Waals surface area contributed by atoms with Crippen LogP contribution >= 0.6 is 11.6 Å². The van der Waals surface area contributed by atoms with Crippen molar-refractivity contribution in [1.82, 2.24) is 0 Å². The first-order valence-electron chi connectivity index (χ1n) is 4.19. The molecule has 0 heterocycles. The van der Waals surface area contributed by atoms with Crippen LogP contribution in [0.4, 0.5) is 13.2 Å². The van der Waals surface area contributed by atoms with Crippen LogP contribution in [0.15, 0.2) is 18.2 Å². The molecule has 1 aromatic carbocycles. The molecule has 0 spiro atoms. The fourth-order valence-corrected chi connectivity index (χ4v) is 1.56. The van der Waals surface area contributed by atoms with Crippen molar-refractivity contribution in [3.63, 3.8) is 0 Å². The summed E-state index contributed by atoms with van der Waals surface area (Å²) in [7, 11) is 0. The van der Waals surface area contributed by atoms with Crippen molar-refractivity contribution < 1.29 is 13.2 Å². The molecule has 4 N–H and O–H groups in total. The van der Waals surface area contributed by atoms with E-state index in [1.165, 1.54) is 12.1 Å². The van der Waals surface area contributed by atoms with E-state index in [1.807, 2.05) is 0 Å². The first-order chi connectivity index (χ1) is 6.88. The third kappa shape index (κ3) is 2.62. The lowest BCUT2D eigenvalue weighted by Gasteiger charge is -2.15. The molecule has 0 fully saturated rings. The lowest BCUT2D eigenvalue weighted by atomic mass is 10.0. The molecule has 2 nitrogen and oxygen atoms in total. The number of rotatable bonds is 2. The van der Waals surface area contributed by atoms with Crippen LogP contribution in [0.3, 0.4) is 0 Å². The van der Waals surface area contributed by atoms with Crippen molar-refractivity contribution in [3.05, 3.63) is 34.3 Å². The predicted octanol–water partition coefficient (Wildman–Crippen LogP) is 2.32. The zero-order valence-electron chi connectivity index (χ0n) is 7.68. The van der Waals surface area contributed by atoms with Gasteiger partial charge in [-0.3, -0.25) is 0 Å². The lowest BCUT2D eigenvalue weighted by Crippen LogP contribution is -2.22. The van der Waals surface area contributed by atoms with Gasteiger partial charge in [0, 0.05) is 12.6 Å². The van der Waals surface area contributed by atoms with Crippen LogP contribution in [0.2, 0.25) is 5.02 Å². The largest absolute Gasteiger partial charge is 0.417 e. The Balaban J connectivity index is 3.23. The van der Waals surface area contributed by atoms with Gasteiger partial charge >= 0.3 is 6.18 Å². The minimum Gasteiger partial charge on any atom is -0.329 e. The van der Waals surface area contributed by atoms with Gasteiger partial charge in [0.05, 0.1) is 10.6 Å². The highest BCUT2D eigenvalue weighted by molar-refractivity contribution is 6.32. The summed E-state index contributed by atoms with van der Waals surface area (Å²) in [6.45, 7) is 0.0427. The second-order valence-corrected chi connectivity index (χ2v) is 3.43. The third-order valence-electron chi connectivity index (χ3n) is 1.99. The van der Waals surface area contributed by atoms with Crippen molar-refractivity contribution in [1.29, 1.82) is 0 Å². The maximum absolute atomic E-state index is 12.4. The van der Waals surface area contributed by atoms with Gasteiger partial charge in [0.15, 0.2) is 0 Å². The Labute approximate surface area is 90.0 Å². The summed E-state index contributed by atoms with van der Waals surface area (Å²) in [4.78, 5) is 0. The van der Waals surface area contributed by atoms with Crippen LogP contribution in [0.5, 0.6) is 0 Å². The number of nitrogens with two attached hydrogens (primary N) is 2. The van der Waals surface area contributed by atoms with E-state index in [4.69, 9.17) is 23.1 Å². The Morgan fingerprint density at radius 1 is 1.33 bits per heavy atom. The summed E-state index contributed by atoms with van der Waals surface area (Å²) in [6, 6.07) is 2.93. The van der Waals surface area contributed by atoms with Gasteiger partial charge < -0.3 is 11.5 Å². The van der Waals surface area contributed by atoms with Crippen LogP contribution in [-0.4, -0.2) is 6.54 Å². The molecule has 0 saturated heterocycles. The topological polar surface area (TPSA) is 52.0 Å². The molecule has 1 rings (SSSR count). The lowest BCUT2D eigenvalue weighted by molar-refractivity contribution is -0.137. The van der Waals surface area contributed by atoms with Crippen LogP contribution < -0.4 is 11.5 Å². The maximum Gasteiger partial charge on any atom is 0.417 e. The Morgan fingerprint density at radius 2 is 1.93 bits per heavy atom. The summed E-state index contributed by atoms with van der Waals surface area (Å²) in [5, 5.41) is -0.372. The van der Waals surface area contributed by atoms with Gasteiger partial charge in [0.1, 0.15) is 0 Å². The standard InChI is InChI=1S/C9H10ClF3N2/c10-8-5(7(15)4-14)2-1-3-6(8)9(11,12)13/h1-3,7H,4,14-15H2/t7-/m1/s1. The molecule has 15 heavy (non-hydrogen) atoms. The van der Waals surface area contributed by atoms with E-state index in [-0.39, 0.29) is 17.1 Å². The highest BCUT2D eigenvalue weighted by Gasteiger charge is 2.34. The van der Waals surface area contributed by atoms with Gasteiger partial charge in [-0.05, 0) is 11.6 Å². The van der Waals surface area contributed by atoms with E-state index in [1.54, 1.807) is 0 Å². The molecular formula is C9H10ClF3N2. The number of hydrogen-bond donors (Lipinski definition) is 2. The molecule has 1 atom stereocenters. The molecule has 0 aliphatic heterocycles. The Morgan fingerprint density at radius 3 is 2.40 bits per heavy atom. The van der Waals surface area contributed by atoms with Crippen LogP contribution in [0.25, 0.3) is 0 Å². The average molecular weight is 239 g/mol. The molecule has 1 aromatic rings. The van der Waals surface area contributed by atoms with Gasteiger partial charge in [-0.1, -0.05) is 23.7 Å². The van der Waals surface area contributed by atoms with Gasteiger partial charge in [-0.25, -0.2) is 0 Å². The van der Waals surface area contributed by atoms with E-state index in [0.29, 0.717) is 0 Å². The fraction of sp³-hybridized carbons (Fsp3) is 0.333. The number of hydrogen-bond acceptors (Lipinski definition) is 2. The zero-order valence-corrected chi connectivity index (χ0v) is 8.44. The molecule has 0 bridgehead atoms. The molecule has 0 aromatic heterocycles. The molecule has 0 amide bonds. The predicted molar refractivity (Wildman–Crippen MR) is 52.4 cm³/mol. The monoisotopic (exact) mass is 238 g/mol. The number of benzene rings is 1. The van der Waals surface area contributed by atoms with Gasteiger partial charge in [0.25, 0.3) is 0 Å². The smallest absolute Gasteiger partial charge is 0.329 e. The van der Waals surface area contributed by atoms with E-state index < -0.39 is 17.8 Å². The molecule has 6 heteroatoms. The normalized spacial score (nSPS) is 14.0.